The van der Waals surface area contributed by atoms with E-state index in [0.717, 1.165) is 26.2 Å². The van der Waals surface area contributed by atoms with Crippen LogP contribution in [0.5, 0.6) is 0 Å². The van der Waals surface area contributed by atoms with Crippen LogP contribution in [0.3, 0.4) is 0 Å². The predicted octanol–water partition coefficient (Wildman–Crippen LogP) is 0.205. The van der Waals surface area contributed by atoms with E-state index in [9.17, 15) is 4.79 Å². The number of carbonyl (C=O) groups is 1. The molecule has 1 heterocycles. The average Bonchev–Trinajstić information content (AvgIpc) is 2.27. The van der Waals surface area contributed by atoms with Crippen LogP contribution in [0.25, 0.3) is 0 Å². The van der Waals surface area contributed by atoms with Gasteiger partial charge >= 0.3 is 0 Å². The highest BCUT2D eigenvalue weighted by Crippen LogP contribution is 2.45. The molecular weight excluding hydrogens is 216 g/mol. The number of nitriles is 1. The van der Waals surface area contributed by atoms with Gasteiger partial charge in [0.1, 0.15) is 5.41 Å². The maximum Gasteiger partial charge on any atom is 0.254 e. The Morgan fingerprint density at radius 1 is 1.35 bits per heavy atom. The van der Waals surface area contributed by atoms with Crippen LogP contribution in [0.1, 0.15) is 19.8 Å². The Bertz CT molecular complexity index is 335. The summed E-state index contributed by atoms with van der Waals surface area (Å²) in [5.74, 6) is 0.385. The molecule has 0 atom stereocenters. The first kappa shape index (κ1) is 12.3. The van der Waals surface area contributed by atoms with Crippen molar-refractivity contribution in [2.75, 3.05) is 33.2 Å². The molecule has 1 aliphatic heterocycles. The minimum Gasteiger partial charge on any atom is -0.304 e. The molecule has 0 spiro atoms. The van der Waals surface area contributed by atoms with Gasteiger partial charge in [0.15, 0.2) is 0 Å². The number of hydrogen-bond acceptors (Lipinski definition) is 4. The fraction of sp³-hybridized carbons (Fsp3) is 0.833. The number of carbonyl (C=O) groups excluding carboxylic acids is 1. The van der Waals surface area contributed by atoms with Crippen molar-refractivity contribution >= 4 is 5.91 Å². The Morgan fingerprint density at radius 3 is 2.41 bits per heavy atom. The van der Waals surface area contributed by atoms with Gasteiger partial charge in [0, 0.05) is 26.2 Å². The second kappa shape index (κ2) is 4.63. The van der Waals surface area contributed by atoms with Crippen LogP contribution >= 0.6 is 0 Å². The van der Waals surface area contributed by atoms with Crippen molar-refractivity contribution in [3.63, 3.8) is 0 Å². The van der Waals surface area contributed by atoms with E-state index in [-0.39, 0.29) is 5.91 Å². The van der Waals surface area contributed by atoms with Crippen molar-refractivity contribution in [2.24, 2.45) is 11.3 Å². The maximum absolute atomic E-state index is 12.1. The summed E-state index contributed by atoms with van der Waals surface area (Å²) >= 11 is 0. The summed E-state index contributed by atoms with van der Waals surface area (Å²) < 4.78 is 0. The number of hydrazine groups is 1. The Kier molecular flexibility index (Phi) is 3.36. The molecule has 0 aromatic heterocycles. The van der Waals surface area contributed by atoms with Crippen LogP contribution in [0.4, 0.5) is 0 Å². The standard InChI is InChI=1S/C12H20N4O/c1-10-7-12(8-10,9-13)11(17)14-16-5-3-15(2)4-6-16/h10H,3-8H2,1-2H3,(H,14,17). The molecule has 1 N–H and O–H groups in total. The zero-order valence-corrected chi connectivity index (χ0v) is 10.6. The number of rotatable bonds is 2. The molecule has 1 amide bonds. The topological polar surface area (TPSA) is 59.4 Å². The zero-order chi connectivity index (χ0) is 12.5. The number of piperazine rings is 1. The van der Waals surface area contributed by atoms with E-state index in [4.69, 9.17) is 5.26 Å². The van der Waals surface area contributed by atoms with Gasteiger partial charge in [0.2, 0.25) is 0 Å². The molecule has 2 aliphatic rings. The van der Waals surface area contributed by atoms with Crippen molar-refractivity contribution in [1.82, 2.24) is 15.3 Å². The third-order valence-corrected chi connectivity index (χ3v) is 3.81. The van der Waals surface area contributed by atoms with E-state index in [1.54, 1.807) is 0 Å². The third-order valence-electron chi connectivity index (χ3n) is 3.81. The predicted molar refractivity (Wildman–Crippen MR) is 63.7 cm³/mol. The van der Waals surface area contributed by atoms with Gasteiger partial charge in [-0.15, -0.1) is 0 Å². The minimum atomic E-state index is -0.761. The Balaban J connectivity index is 1.87. The molecule has 1 aliphatic carbocycles. The van der Waals surface area contributed by atoms with Gasteiger partial charge in [-0.3, -0.25) is 10.2 Å². The van der Waals surface area contributed by atoms with Crippen LogP contribution < -0.4 is 5.43 Å². The molecule has 94 valence electrons. The monoisotopic (exact) mass is 236 g/mol. The summed E-state index contributed by atoms with van der Waals surface area (Å²) in [7, 11) is 2.07. The van der Waals surface area contributed by atoms with Gasteiger partial charge in [-0.05, 0) is 25.8 Å². The lowest BCUT2D eigenvalue weighted by Crippen LogP contribution is -2.57. The van der Waals surface area contributed by atoms with Crippen LogP contribution in [-0.2, 0) is 4.79 Å². The first-order valence-corrected chi connectivity index (χ1v) is 6.21. The SMILES string of the molecule is CC1CC(C#N)(C(=O)NN2CCN(C)CC2)C1. The van der Waals surface area contributed by atoms with Crippen LogP contribution in [0, 0.1) is 22.7 Å². The number of nitrogens with zero attached hydrogens (tertiary/aromatic N) is 3. The number of likely N-dealkylation sites (N-methyl/N-ethyl adjacent to an activating group) is 1. The molecule has 17 heavy (non-hydrogen) atoms. The summed E-state index contributed by atoms with van der Waals surface area (Å²) in [5, 5.41) is 11.1. The fourth-order valence-electron chi connectivity index (χ4n) is 2.63. The molecule has 0 radical (unpaired) electrons. The van der Waals surface area contributed by atoms with E-state index in [1.165, 1.54) is 0 Å². The van der Waals surface area contributed by atoms with Crippen molar-refractivity contribution in [3.8, 4) is 6.07 Å². The van der Waals surface area contributed by atoms with Gasteiger partial charge < -0.3 is 4.90 Å². The third kappa shape index (κ3) is 2.43. The Morgan fingerprint density at radius 2 is 1.94 bits per heavy atom. The number of amides is 1. The maximum atomic E-state index is 12.1. The molecule has 2 fully saturated rings. The fourth-order valence-corrected chi connectivity index (χ4v) is 2.63. The number of hydrogen-bond donors (Lipinski definition) is 1. The summed E-state index contributed by atoms with van der Waals surface area (Å²) in [6.45, 7) is 5.66. The van der Waals surface area contributed by atoms with Crippen LogP contribution in [-0.4, -0.2) is 49.0 Å². The number of nitrogens with one attached hydrogen (secondary N) is 1. The summed E-state index contributed by atoms with van der Waals surface area (Å²) in [4.78, 5) is 14.3. The molecule has 5 heteroatoms. The molecule has 1 saturated carbocycles. The lowest BCUT2D eigenvalue weighted by Gasteiger charge is -2.41. The van der Waals surface area contributed by atoms with Gasteiger partial charge in [-0.25, -0.2) is 5.01 Å². The molecule has 5 nitrogen and oxygen atoms in total. The highest BCUT2D eigenvalue weighted by Gasteiger charge is 2.49. The second-order valence-electron chi connectivity index (χ2n) is 5.44. The summed E-state index contributed by atoms with van der Waals surface area (Å²) in [5.41, 5.74) is 2.14. The molecule has 0 unspecified atom stereocenters. The largest absolute Gasteiger partial charge is 0.304 e. The average molecular weight is 236 g/mol. The first-order chi connectivity index (χ1) is 8.05. The molecule has 0 aromatic rings. The van der Waals surface area contributed by atoms with Crippen LogP contribution in [0.2, 0.25) is 0 Å². The molecule has 1 saturated heterocycles. The van der Waals surface area contributed by atoms with E-state index < -0.39 is 5.41 Å². The van der Waals surface area contributed by atoms with Gasteiger partial charge in [0.25, 0.3) is 5.91 Å². The smallest absolute Gasteiger partial charge is 0.254 e. The second-order valence-corrected chi connectivity index (χ2v) is 5.44. The van der Waals surface area contributed by atoms with Crippen LogP contribution in [0.15, 0.2) is 0 Å². The molecular formula is C12H20N4O. The quantitative estimate of drug-likeness (QED) is 0.744. The van der Waals surface area contributed by atoms with Crippen molar-refractivity contribution in [1.29, 1.82) is 5.26 Å². The van der Waals surface area contributed by atoms with Crippen molar-refractivity contribution < 1.29 is 4.79 Å². The minimum absolute atomic E-state index is 0.109. The van der Waals surface area contributed by atoms with Crippen molar-refractivity contribution in [3.05, 3.63) is 0 Å². The van der Waals surface area contributed by atoms with Gasteiger partial charge in [-0.1, -0.05) is 6.92 Å². The van der Waals surface area contributed by atoms with E-state index in [1.807, 2.05) is 5.01 Å². The van der Waals surface area contributed by atoms with E-state index in [2.05, 4.69) is 30.4 Å². The Hall–Kier alpha value is -1.12. The highest BCUT2D eigenvalue weighted by molar-refractivity contribution is 5.86. The highest BCUT2D eigenvalue weighted by atomic mass is 16.2. The normalized spacial score (nSPS) is 34.8. The molecule has 0 aromatic carbocycles. The summed E-state index contributed by atoms with van der Waals surface area (Å²) in [6, 6.07) is 2.19. The molecule has 2 rings (SSSR count). The van der Waals surface area contributed by atoms with Gasteiger partial charge in [-0.2, -0.15) is 5.26 Å². The lowest BCUT2D eigenvalue weighted by atomic mass is 9.63. The van der Waals surface area contributed by atoms with Gasteiger partial charge in [0.05, 0.1) is 6.07 Å². The summed E-state index contributed by atoms with van der Waals surface area (Å²) in [6.07, 6.45) is 1.39. The molecule has 0 bridgehead atoms. The van der Waals surface area contributed by atoms with E-state index in [0.29, 0.717) is 18.8 Å². The zero-order valence-electron chi connectivity index (χ0n) is 10.6. The Labute approximate surface area is 102 Å². The lowest BCUT2D eigenvalue weighted by molar-refractivity contribution is -0.140. The van der Waals surface area contributed by atoms with Crippen molar-refractivity contribution in [2.45, 2.75) is 19.8 Å². The van der Waals surface area contributed by atoms with E-state index >= 15 is 0 Å². The first-order valence-electron chi connectivity index (χ1n) is 6.21.